The zero-order valence-corrected chi connectivity index (χ0v) is 10.9. The van der Waals surface area contributed by atoms with Gasteiger partial charge in [-0.15, -0.1) is 0 Å². The van der Waals surface area contributed by atoms with Gasteiger partial charge in [-0.2, -0.15) is 0 Å². The van der Waals surface area contributed by atoms with E-state index in [2.05, 4.69) is 5.32 Å². The molecule has 104 valence electrons. The molecular formula is C14H20N2O3. The molecule has 0 saturated carbocycles. The first-order chi connectivity index (χ1) is 9.20. The number of phenols is 1. The van der Waals surface area contributed by atoms with Gasteiger partial charge < -0.3 is 20.4 Å². The third-order valence-corrected chi connectivity index (χ3v) is 3.41. The zero-order chi connectivity index (χ0) is 13.7. The van der Waals surface area contributed by atoms with Gasteiger partial charge in [0.25, 0.3) is 0 Å². The monoisotopic (exact) mass is 264 g/mol. The van der Waals surface area contributed by atoms with E-state index in [0.29, 0.717) is 18.4 Å². The molecule has 1 amide bonds. The molecule has 0 unspecified atom stereocenters. The van der Waals surface area contributed by atoms with Crippen LogP contribution in [-0.4, -0.2) is 47.2 Å². The number of benzene rings is 1. The second kappa shape index (κ2) is 6.54. The number of aliphatic hydroxyl groups is 1. The van der Waals surface area contributed by atoms with Crippen molar-refractivity contribution in [2.75, 3.05) is 26.2 Å². The van der Waals surface area contributed by atoms with Crippen molar-refractivity contribution in [3.63, 3.8) is 0 Å². The Morgan fingerprint density at radius 2 is 2.05 bits per heavy atom. The minimum Gasteiger partial charge on any atom is -0.508 e. The minimum absolute atomic E-state index is 0.0969. The Bertz CT molecular complexity index is 442. The van der Waals surface area contributed by atoms with E-state index in [9.17, 15) is 9.90 Å². The summed E-state index contributed by atoms with van der Waals surface area (Å²) in [6.07, 6.45) is 1.10. The Morgan fingerprint density at radius 1 is 1.32 bits per heavy atom. The summed E-state index contributed by atoms with van der Waals surface area (Å²) in [6.45, 7) is 3.08. The van der Waals surface area contributed by atoms with Gasteiger partial charge >= 0.3 is 0 Å². The molecule has 3 N–H and O–H groups in total. The van der Waals surface area contributed by atoms with Gasteiger partial charge in [0.15, 0.2) is 0 Å². The normalized spacial score (nSPS) is 15.5. The number of rotatable bonds is 4. The fraction of sp³-hybridized carbons (Fsp3) is 0.500. The molecule has 1 saturated heterocycles. The average Bonchev–Trinajstić information content (AvgIpc) is 2.47. The van der Waals surface area contributed by atoms with Crippen molar-refractivity contribution < 1.29 is 15.0 Å². The largest absolute Gasteiger partial charge is 0.508 e. The van der Waals surface area contributed by atoms with Gasteiger partial charge in [0.05, 0.1) is 6.61 Å². The lowest BCUT2D eigenvalue weighted by Gasteiger charge is -2.27. The first kappa shape index (κ1) is 13.8. The molecule has 0 spiro atoms. The second-order valence-corrected chi connectivity index (χ2v) is 4.75. The molecule has 1 aliphatic heterocycles. The number of aliphatic hydroxyl groups excluding tert-OH is 1. The van der Waals surface area contributed by atoms with Crippen molar-refractivity contribution in [1.29, 1.82) is 0 Å². The van der Waals surface area contributed by atoms with Crippen LogP contribution in [0.25, 0.3) is 0 Å². The van der Waals surface area contributed by atoms with E-state index in [1.54, 1.807) is 18.2 Å². The highest BCUT2D eigenvalue weighted by Crippen LogP contribution is 2.19. The van der Waals surface area contributed by atoms with Crippen LogP contribution in [0.4, 0.5) is 0 Å². The minimum atomic E-state index is -0.189. The van der Waals surface area contributed by atoms with Crippen LogP contribution in [0.2, 0.25) is 0 Å². The van der Waals surface area contributed by atoms with Crippen LogP contribution < -0.4 is 5.32 Å². The van der Waals surface area contributed by atoms with E-state index in [-0.39, 0.29) is 18.3 Å². The Morgan fingerprint density at radius 3 is 2.74 bits per heavy atom. The summed E-state index contributed by atoms with van der Waals surface area (Å²) in [5.74, 6) is 0.264. The summed E-state index contributed by atoms with van der Waals surface area (Å²) in [6, 6.07) is 5.11. The number of aryl methyl sites for hydroxylation is 1. The predicted molar refractivity (Wildman–Crippen MR) is 71.8 cm³/mol. The van der Waals surface area contributed by atoms with Crippen molar-refractivity contribution in [3.05, 3.63) is 29.3 Å². The van der Waals surface area contributed by atoms with Crippen molar-refractivity contribution in [2.24, 2.45) is 0 Å². The van der Waals surface area contributed by atoms with Gasteiger partial charge in [0.2, 0.25) is 5.91 Å². The van der Waals surface area contributed by atoms with E-state index < -0.39 is 0 Å². The maximum atomic E-state index is 12.0. The number of hydrogen-bond donors (Lipinski definition) is 3. The van der Waals surface area contributed by atoms with Crippen LogP contribution in [0.15, 0.2) is 18.2 Å². The maximum absolute atomic E-state index is 12.0. The number of carbonyl (C=O) groups is 1. The van der Waals surface area contributed by atoms with Gasteiger partial charge in [-0.1, -0.05) is 6.07 Å². The topological polar surface area (TPSA) is 72.8 Å². The van der Waals surface area contributed by atoms with Gasteiger partial charge in [-0.3, -0.25) is 4.79 Å². The molecule has 19 heavy (non-hydrogen) atoms. The quantitative estimate of drug-likeness (QED) is 0.729. The molecule has 1 aliphatic rings. The molecule has 1 fully saturated rings. The smallest absolute Gasteiger partial charge is 0.222 e. The predicted octanol–water partition coefficient (Wildman–Crippen LogP) is 0.249. The lowest BCUT2D eigenvalue weighted by molar-refractivity contribution is -0.131. The van der Waals surface area contributed by atoms with Crippen molar-refractivity contribution in [2.45, 2.75) is 19.4 Å². The van der Waals surface area contributed by atoms with Crippen molar-refractivity contribution in [1.82, 2.24) is 10.2 Å². The van der Waals surface area contributed by atoms with Crippen LogP contribution in [0, 0.1) is 0 Å². The fourth-order valence-corrected chi connectivity index (χ4v) is 2.24. The van der Waals surface area contributed by atoms with E-state index in [0.717, 1.165) is 31.7 Å². The molecule has 5 heteroatoms. The highest BCUT2D eigenvalue weighted by molar-refractivity contribution is 5.76. The molecule has 1 aromatic rings. The molecule has 5 nitrogen and oxygen atoms in total. The third-order valence-electron chi connectivity index (χ3n) is 3.41. The van der Waals surface area contributed by atoms with E-state index in [1.165, 1.54) is 0 Å². The molecule has 0 aromatic heterocycles. The van der Waals surface area contributed by atoms with Crippen LogP contribution in [-0.2, 0) is 17.8 Å². The Labute approximate surface area is 112 Å². The zero-order valence-electron chi connectivity index (χ0n) is 10.9. The molecule has 0 bridgehead atoms. The number of nitrogens with one attached hydrogen (secondary N) is 1. The maximum Gasteiger partial charge on any atom is 0.222 e. The summed E-state index contributed by atoms with van der Waals surface area (Å²) >= 11 is 0. The van der Waals surface area contributed by atoms with E-state index in [4.69, 9.17) is 5.11 Å². The van der Waals surface area contributed by atoms with Crippen LogP contribution >= 0.6 is 0 Å². The molecule has 0 atom stereocenters. The highest BCUT2D eigenvalue weighted by Gasteiger charge is 2.15. The van der Waals surface area contributed by atoms with E-state index in [1.807, 2.05) is 4.90 Å². The van der Waals surface area contributed by atoms with Crippen molar-refractivity contribution in [3.8, 4) is 5.75 Å². The lowest BCUT2D eigenvalue weighted by Crippen LogP contribution is -2.46. The third kappa shape index (κ3) is 3.68. The Kier molecular flexibility index (Phi) is 4.76. The fourth-order valence-electron chi connectivity index (χ4n) is 2.24. The van der Waals surface area contributed by atoms with Crippen molar-refractivity contribution >= 4 is 5.91 Å². The van der Waals surface area contributed by atoms with Crippen LogP contribution in [0.3, 0.4) is 0 Å². The summed E-state index contributed by atoms with van der Waals surface area (Å²) in [5.41, 5.74) is 1.47. The van der Waals surface area contributed by atoms with Gasteiger partial charge in [0, 0.05) is 38.2 Å². The summed E-state index contributed by atoms with van der Waals surface area (Å²) in [7, 11) is 0. The molecule has 0 aliphatic carbocycles. The van der Waals surface area contributed by atoms with Gasteiger partial charge in [0.1, 0.15) is 5.75 Å². The second-order valence-electron chi connectivity index (χ2n) is 4.75. The number of nitrogens with zero attached hydrogens (tertiary/aromatic N) is 1. The summed E-state index contributed by atoms with van der Waals surface area (Å²) in [4.78, 5) is 13.9. The number of piperazine rings is 1. The molecule has 2 rings (SSSR count). The van der Waals surface area contributed by atoms with Crippen LogP contribution in [0.5, 0.6) is 5.75 Å². The molecule has 1 aromatic carbocycles. The molecule has 1 heterocycles. The van der Waals surface area contributed by atoms with Crippen LogP contribution in [0.1, 0.15) is 17.5 Å². The van der Waals surface area contributed by atoms with E-state index >= 15 is 0 Å². The number of hydrogen-bond acceptors (Lipinski definition) is 4. The first-order valence-electron chi connectivity index (χ1n) is 6.61. The molecule has 0 radical (unpaired) electrons. The Balaban J connectivity index is 1.89. The molecular weight excluding hydrogens is 244 g/mol. The number of carbonyl (C=O) groups excluding carboxylic acids is 1. The summed E-state index contributed by atoms with van der Waals surface area (Å²) < 4.78 is 0. The number of aromatic hydroxyl groups is 1. The average molecular weight is 264 g/mol. The van der Waals surface area contributed by atoms with Gasteiger partial charge in [-0.25, -0.2) is 0 Å². The standard InChI is InChI=1S/C14H20N2O3/c17-10-12-9-11(1-3-13(12)18)2-4-14(19)16-7-5-15-6-8-16/h1,3,9,15,17-18H,2,4-8,10H2. The lowest BCUT2D eigenvalue weighted by atomic mass is 10.1. The van der Waals surface area contributed by atoms with Gasteiger partial charge in [-0.05, 0) is 24.1 Å². The number of amides is 1. The first-order valence-corrected chi connectivity index (χ1v) is 6.61. The Hall–Kier alpha value is -1.59. The highest BCUT2D eigenvalue weighted by atomic mass is 16.3. The SMILES string of the molecule is O=C(CCc1ccc(O)c(CO)c1)N1CCNCC1. The summed E-state index contributed by atoms with van der Waals surface area (Å²) in [5, 5.41) is 21.8.